The lowest BCUT2D eigenvalue weighted by Crippen LogP contribution is -2.17. The summed E-state index contributed by atoms with van der Waals surface area (Å²) in [5.41, 5.74) is 7.24. The molecule has 1 saturated carbocycles. The minimum atomic E-state index is -0.330. The average molecular weight is 376 g/mol. The van der Waals surface area contributed by atoms with Gasteiger partial charge in [0.25, 0.3) is 0 Å². The van der Waals surface area contributed by atoms with Crippen LogP contribution in [-0.2, 0) is 16.0 Å². The number of benzene rings is 2. The van der Waals surface area contributed by atoms with E-state index in [1.54, 1.807) is 0 Å². The number of carbonyl (C=O) groups is 1. The van der Waals surface area contributed by atoms with E-state index in [9.17, 15) is 4.79 Å². The van der Waals surface area contributed by atoms with Gasteiger partial charge in [-0.25, -0.2) is 0 Å². The molecular formula is C25H28O3. The molecule has 4 rings (SSSR count). The largest absolute Gasteiger partial charge is 0.493 e. The summed E-state index contributed by atoms with van der Waals surface area (Å²) in [7, 11) is 1.47. The maximum Gasteiger partial charge on any atom is 0.313 e. The second-order valence-corrected chi connectivity index (χ2v) is 7.91. The predicted molar refractivity (Wildman–Crippen MR) is 112 cm³/mol. The lowest BCUT2D eigenvalue weighted by Gasteiger charge is -2.24. The van der Waals surface area contributed by atoms with Crippen molar-refractivity contribution in [3.8, 4) is 16.9 Å². The number of fused-ring (bicyclic) bond motifs is 1. The van der Waals surface area contributed by atoms with Crippen molar-refractivity contribution >= 4 is 5.97 Å². The van der Waals surface area contributed by atoms with Crippen molar-refractivity contribution in [1.82, 2.24) is 0 Å². The van der Waals surface area contributed by atoms with Crippen molar-refractivity contribution in [2.24, 2.45) is 0 Å². The summed E-state index contributed by atoms with van der Waals surface area (Å²) in [4.78, 5) is 12.7. The first-order valence-electron chi connectivity index (χ1n) is 10.2. The fourth-order valence-corrected chi connectivity index (χ4v) is 4.40. The number of methoxy groups -OCH3 is 1. The Morgan fingerprint density at radius 2 is 2.14 bits per heavy atom. The molecule has 0 spiro atoms. The molecule has 0 saturated heterocycles. The topological polar surface area (TPSA) is 35.5 Å². The molecule has 1 heterocycles. The monoisotopic (exact) mass is 376 g/mol. The smallest absolute Gasteiger partial charge is 0.313 e. The quantitative estimate of drug-likeness (QED) is 0.479. The number of hydrogen-bond donors (Lipinski definition) is 0. The Morgan fingerprint density at radius 3 is 2.86 bits per heavy atom. The molecule has 28 heavy (non-hydrogen) atoms. The number of ether oxygens (including phenoxy) is 2. The van der Waals surface area contributed by atoms with Gasteiger partial charge in [0.15, 0.2) is 0 Å². The summed E-state index contributed by atoms with van der Waals surface area (Å²) < 4.78 is 11.0. The molecule has 2 aromatic carbocycles. The maximum atomic E-state index is 12.7. The molecule has 0 aromatic heterocycles. The van der Waals surface area contributed by atoms with E-state index in [-0.39, 0.29) is 11.9 Å². The van der Waals surface area contributed by atoms with Crippen LogP contribution < -0.4 is 4.74 Å². The fraction of sp³-hybridized carbons (Fsp3) is 0.400. The highest BCUT2D eigenvalue weighted by molar-refractivity contribution is 5.85. The zero-order valence-electron chi connectivity index (χ0n) is 16.8. The van der Waals surface area contributed by atoms with Crippen molar-refractivity contribution < 1.29 is 14.3 Å². The third-order valence-corrected chi connectivity index (χ3v) is 5.95. The van der Waals surface area contributed by atoms with Crippen molar-refractivity contribution in [3.05, 3.63) is 65.2 Å². The number of rotatable bonds is 6. The number of aryl methyl sites for hydroxylation is 2. The zero-order valence-corrected chi connectivity index (χ0v) is 16.8. The Bertz CT molecular complexity index is 908. The van der Waals surface area contributed by atoms with Crippen LogP contribution in [0.2, 0.25) is 0 Å². The van der Waals surface area contributed by atoms with Gasteiger partial charge in [-0.3, -0.25) is 4.79 Å². The van der Waals surface area contributed by atoms with E-state index in [1.807, 2.05) is 6.08 Å². The zero-order chi connectivity index (χ0) is 19.7. The molecule has 1 atom stereocenters. The van der Waals surface area contributed by atoms with Crippen LogP contribution in [0.3, 0.4) is 0 Å². The molecule has 2 aromatic rings. The van der Waals surface area contributed by atoms with Gasteiger partial charge in [0, 0.05) is 0 Å². The lowest BCUT2D eigenvalue weighted by molar-refractivity contribution is -0.142. The van der Waals surface area contributed by atoms with Crippen molar-refractivity contribution in [1.29, 1.82) is 0 Å². The Labute approximate surface area is 167 Å². The highest BCUT2D eigenvalue weighted by Crippen LogP contribution is 2.48. The van der Waals surface area contributed by atoms with Crippen molar-refractivity contribution in [2.75, 3.05) is 13.7 Å². The van der Waals surface area contributed by atoms with Crippen LogP contribution in [0, 0.1) is 6.92 Å². The molecule has 1 unspecified atom stereocenters. The summed E-state index contributed by atoms with van der Waals surface area (Å²) in [6, 6.07) is 10.9. The van der Waals surface area contributed by atoms with Crippen molar-refractivity contribution in [2.45, 2.75) is 50.9 Å². The minimum Gasteiger partial charge on any atom is -0.493 e. The molecule has 3 nitrogen and oxygen atoms in total. The summed E-state index contributed by atoms with van der Waals surface area (Å²) in [6.07, 6.45) is 6.91. The van der Waals surface area contributed by atoms with Gasteiger partial charge in [-0.15, -0.1) is 6.58 Å². The molecule has 1 aliphatic carbocycles. The van der Waals surface area contributed by atoms with Crippen LogP contribution in [0.4, 0.5) is 0 Å². The van der Waals surface area contributed by atoms with Gasteiger partial charge in [0.2, 0.25) is 0 Å². The maximum absolute atomic E-state index is 12.7. The average Bonchev–Trinajstić information content (AvgIpc) is 3.56. The molecule has 0 radical (unpaired) electrons. The molecule has 2 aliphatic rings. The first kappa shape index (κ1) is 18.8. The van der Waals surface area contributed by atoms with Gasteiger partial charge < -0.3 is 9.47 Å². The third-order valence-electron chi connectivity index (χ3n) is 5.95. The number of carbonyl (C=O) groups excluding carboxylic acids is 1. The number of hydrogen-bond acceptors (Lipinski definition) is 3. The second kappa shape index (κ2) is 7.83. The van der Waals surface area contributed by atoms with Crippen LogP contribution in [0.5, 0.6) is 5.75 Å². The SMILES string of the molecule is C=CCC(C(=O)OC)c1c(C)ccc(C2CC2)c1-c1ccc2c(c1)CCCO2. The van der Waals surface area contributed by atoms with Gasteiger partial charge >= 0.3 is 5.97 Å². The highest BCUT2D eigenvalue weighted by Gasteiger charge is 2.32. The van der Waals surface area contributed by atoms with Crippen LogP contribution in [-0.4, -0.2) is 19.7 Å². The minimum absolute atomic E-state index is 0.196. The Morgan fingerprint density at radius 1 is 1.32 bits per heavy atom. The normalized spacial score (nSPS) is 16.6. The molecule has 1 fully saturated rings. The third kappa shape index (κ3) is 3.46. The molecular weight excluding hydrogens is 348 g/mol. The molecule has 0 N–H and O–H groups in total. The Balaban J connectivity index is 1.92. The van der Waals surface area contributed by atoms with Gasteiger partial charge in [0.1, 0.15) is 5.75 Å². The van der Waals surface area contributed by atoms with E-state index in [2.05, 4.69) is 43.8 Å². The van der Waals surface area contributed by atoms with Gasteiger partial charge in [-0.2, -0.15) is 0 Å². The van der Waals surface area contributed by atoms with E-state index >= 15 is 0 Å². The second-order valence-electron chi connectivity index (χ2n) is 7.91. The fourth-order valence-electron chi connectivity index (χ4n) is 4.40. The molecule has 0 amide bonds. The van der Waals surface area contributed by atoms with E-state index in [0.717, 1.165) is 36.3 Å². The molecule has 3 heteroatoms. The van der Waals surface area contributed by atoms with Gasteiger partial charge in [0.05, 0.1) is 19.6 Å². The van der Waals surface area contributed by atoms with Crippen molar-refractivity contribution in [3.63, 3.8) is 0 Å². The van der Waals surface area contributed by atoms with Crippen LogP contribution in [0.1, 0.15) is 59.8 Å². The van der Waals surface area contributed by atoms with Crippen LogP contribution >= 0.6 is 0 Å². The first-order valence-corrected chi connectivity index (χ1v) is 10.2. The predicted octanol–water partition coefficient (Wildman–Crippen LogP) is 5.70. The van der Waals surface area contributed by atoms with E-state index in [4.69, 9.17) is 9.47 Å². The summed E-state index contributed by atoms with van der Waals surface area (Å²) >= 11 is 0. The van der Waals surface area contributed by atoms with E-state index in [1.165, 1.54) is 42.2 Å². The first-order chi connectivity index (χ1) is 13.6. The lowest BCUT2D eigenvalue weighted by atomic mass is 9.81. The standard InChI is InChI=1S/C25H28O3/c1-4-6-21(25(26)27-3)23-16(2)8-12-20(17-9-10-17)24(23)19-11-13-22-18(15-19)7-5-14-28-22/h4,8,11-13,15,17,21H,1,5-7,9-10,14H2,2-3H3. The molecule has 0 bridgehead atoms. The summed E-state index contributed by atoms with van der Waals surface area (Å²) in [5.74, 6) is 1.05. The molecule has 1 aliphatic heterocycles. The Kier molecular flexibility index (Phi) is 5.25. The van der Waals surface area contributed by atoms with Crippen LogP contribution in [0.15, 0.2) is 43.0 Å². The van der Waals surface area contributed by atoms with Gasteiger partial charge in [-0.1, -0.05) is 24.3 Å². The Hall–Kier alpha value is -2.55. The van der Waals surface area contributed by atoms with Gasteiger partial charge in [-0.05, 0) is 90.5 Å². The summed E-state index contributed by atoms with van der Waals surface area (Å²) in [6.45, 7) is 6.76. The van der Waals surface area contributed by atoms with Crippen LogP contribution in [0.25, 0.3) is 11.1 Å². The number of allylic oxidation sites excluding steroid dienone is 1. The highest BCUT2D eigenvalue weighted by atomic mass is 16.5. The van der Waals surface area contributed by atoms with E-state index < -0.39 is 0 Å². The van der Waals surface area contributed by atoms with E-state index in [0.29, 0.717) is 12.3 Å². The summed E-state index contributed by atoms with van der Waals surface area (Å²) in [5, 5.41) is 0. The molecule has 146 valence electrons. The number of esters is 1.